The zero-order chi connectivity index (χ0) is 20.5. The number of hydrogen-bond donors (Lipinski definition) is 2. The van der Waals surface area contributed by atoms with Crippen LogP contribution >= 0.6 is 24.0 Å². The molecule has 6 nitrogen and oxygen atoms in total. The average molecular weight is 524 g/mol. The van der Waals surface area contributed by atoms with Gasteiger partial charge in [0.05, 0.1) is 20.8 Å². The zero-order valence-corrected chi connectivity index (χ0v) is 20.2. The molecule has 0 unspecified atom stereocenters. The Morgan fingerprint density at radius 3 is 2.27 bits per heavy atom. The van der Waals surface area contributed by atoms with E-state index in [4.69, 9.17) is 15.2 Å². The molecule has 0 radical (unpaired) electrons. The molecule has 0 aromatic heterocycles. The molecule has 3 rings (SSSR count). The Morgan fingerprint density at radius 1 is 0.967 bits per heavy atom. The molecule has 7 heteroatoms. The SMILES string of the molecule is COc1ccc(CCNC(N)=NCc2ccc(CN3CCCC3)cc2)cc1OC.I. The maximum atomic E-state index is 6.01. The minimum Gasteiger partial charge on any atom is -0.493 e. The Kier molecular flexibility index (Phi) is 10.2. The van der Waals surface area contributed by atoms with Crippen molar-refractivity contribution in [2.45, 2.75) is 32.4 Å². The number of aliphatic imine (C=N–C) groups is 1. The van der Waals surface area contributed by atoms with Gasteiger partial charge in [0, 0.05) is 13.1 Å². The topological polar surface area (TPSA) is 72.1 Å². The van der Waals surface area contributed by atoms with E-state index in [0.29, 0.717) is 19.0 Å². The normalized spacial score (nSPS) is 14.3. The second-order valence-electron chi connectivity index (χ2n) is 7.37. The van der Waals surface area contributed by atoms with E-state index in [0.717, 1.165) is 30.0 Å². The van der Waals surface area contributed by atoms with Gasteiger partial charge < -0.3 is 20.5 Å². The van der Waals surface area contributed by atoms with Crippen molar-refractivity contribution in [2.24, 2.45) is 10.7 Å². The minimum atomic E-state index is 0. The Balaban J connectivity index is 0.00000320. The molecule has 2 aromatic rings. The highest BCUT2D eigenvalue weighted by Gasteiger charge is 2.11. The molecule has 164 valence electrons. The van der Waals surface area contributed by atoms with E-state index >= 15 is 0 Å². The molecule has 0 bridgehead atoms. The van der Waals surface area contributed by atoms with Gasteiger partial charge in [-0.25, -0.2) is 4.99 Å². The Morgan fingerprint density at radius 2 is 1.60 bits per heavy atom. The molecule has 0 atom stereocenters. The van der Waals surface area contributed by atoms with Crippen molar-refractivity contribution < 1.29 is 9.47 Å². The molecule has 3 N–H and O–H groups in total. The summed E-state index contributed by atoms with van der Waals surface area (Å²) in [5.74, 6) is 1.93. The molecule has 0 amide bonds. The van der Waals surface area contributed by atoms with Gasteiger partial charge in [0.1, 0.15) is 0 Å². The highest BCUT2D eigenvalue weighted by atomic mass is 127. The zero-order valence-electron chi connectivity index (χ0n) is 17.9. The van der Waals surface area contributed by atoms with Crippen LogP contribution in [0.25, 0.3) is 0 Å². The first-order valence-electron chi connectivity index (χ1n) is 10.2. The summed E-state index contributed by atoms with van der Waals surface area (Å²) in [6, 6.07) is 14.6. The largest absolute Gasteiger partial charge is 0.493 e. The van der Waals surface area contributed by atoms with E-state index in [1.807, 2.05) is 18.2 Å². The summed E-state index contributed by atoms with van der Waals surface area (Å²) in [5, 5.41) is 3.18. The molecule has 2 aromatic carbocycles. The molecular weight excluding hydrogens is 491 g/mol. The molecule has 30 heavy (non-hydrogen) atoms. The smallest absolute Gasteiger partial charge is 0.188 e. The molecule has 1 heterocycles. The maximum absolute atomic E-state index is 6.01. The minimum absolute atomic E-state index is 0. The number of halogens is 1. The van der Waals surface area contributed by atoms with Gasteiger partial charge in [-0.1, -0.05) is 30.3 Å². The standard InChI is InChI=1S/C23H32N4O2.HI/c1-28-21-10-9-18(15-22(21)29-2)11-12-25-23(24)26-16-19-5-7-20(8-6-19)17-27-13-3-4-14-27;/h5-10,15H,3-4,11-14,16-17H2,1-2H3,(H3,24,25,26);1H. The number of ether oxygens (including phenoxy) is 2. The van der Waals surface area contributed by atoms with Crippen LogP contribution in [0, 0.1) is 0 Å². The summed E-state index contributed by atoms with van der Waals surface area (Å²) in [5.41, 5.74) is 9.69. The second kappa shape index (κ2) is 12.6. The average Bonchev–Trinajstić information content (AvgIpc) is 3.26. The number of guanidine groups is 1. The molecule has 1 aliphatic rings. The fourth-order valence-corrected chi connectivity index (χ4v) is 3.55. The van der Waals surface area contributed by atoms with Crippen molar-refractivity contribution in [1.82, 2.24) is 10.2 Å². The summed E-state index contributed by atoms with van der Waals surface area (Å²) in [6.45, 7) is 4.78. The van der Waals surface area contributed by atoms with Gasteiger partial charge in [0.2, 0.25) is 0 Å². The number of rotatable bonds is 9. The Labute approximate surface area is 196 Å². The van der Waals surface area contributed by atoms with E-state index in [1.165, 1.54) is 37.1 Å². The summed E-state index contributed by atoms with van der Waals surface area (Å²) in [7, 11) is 3.28. The summed E-state index contributed by atoms with van der Waals surface area (Å²) in [6.07, 6.45) is 3.47. The lowest BCUT2D eigenvalue weighted by Gasteiger charge is -2.14. The lowest BCUT2D eigenvalue weighted by atomic mass is 10.1. The lowest BCUT2D eigenvalue weighted by Crippen LogP contribution is -2.33. The fourth-order valence-electron chi connectivity index (χ4n) is 3.55. The van der Waals surface area contributed by atoms with Crippen LogP contribution in [0.15, 0.2) is 47.5 Å². The Bertz CT molecular complexity index is 805. The third kappa shape index (κ3) is 7.36. The van der Waals surface area contributed by atoms with Crippen LogP contribution in [-0.4, -0.2) is 44.7 Å². The monoisotopic (exact) mass is 524 g/mol. The van der Waals surface area contributed by atoms with Crippen molar-refractivity contribution in [3.05, 3.63) is 59.2 Å². The van der Waals surface area contributed by atoms with E-state index in [2.05, 4.69) is 39.5 Å². The van der Waals surface area contributed by atoms with E-state index in [-0.39, 0.29) is 24.0 Å². The quantitative estimate of drug-likeness (QED) is 0.298. The van der Waals surface area contributed by atoms with Gasteiger partial charge in [0.15, 0.2) is 17.5 Å². The van der Waals surface area contributed by atoms with Crippen LogP contribution in [0.3, 0.4) is 0 Å². The van der Waals surface area contributed by atoms with Crippen LogP contribution in [0.5, 0.6) is 11.5 Å². The molecular formula is C23H33IN4O2. The first kappa shape index (κ1) is 24.3. The van der Waals surface area contributed by atoms with Gasteiger partial charge >= 0.3 is 0 Å². The van der Waals surface area contributed by atoms with E-state index in [1.54, 1.807) is 14.2 Å². The third-order valence-electron chi connectivity index (χ3n) is 5.23. The number of nitrogens with two attached hydrogens (primary N) is 1. The van der Waals surface area contributed by atoms with Crippen molar-refractivity contribution in [2.75, 3.05) is 33.9 Å². The molecule has 0 saturated carbocycles. The van der Waals surface area contributed by atoms with Gasteiger partial charge in [-0.2, -0.15) is 0 Å². The molecule has 1 fully saturated rings. The summed E-state index contributed by atoms with van der Waals surface area (Å²) in [4.78, 5) is 6.96. The molecule has 1 saturated heterocycles. The van der Waals surface area contributed by atoms with Crippen LogP contribution < -0.4 is 20.5 Å². The first-order valence-corrected chi connectivity index (χ1v) is 10.2. The van der Waals surface area contributed by atoms with Crippen LogP contribution in [0.4, 0.5) is 0 Å². The number of methoxy groups -OCH3 is 2. The molecule has 0 aliphatic carbocycles. The third-order valence-corrected chi connectivity index (χ3v) is 5.23. The van der Waals surface area contributed by atoms with Crippen molar-refractivity contribution >= 4 is 29.9 Å². The number of nitrogens with zero attached hydrogens (tertiary/aromatic N) is 2. The lowest BCUT2D eigenvalue weighted by molar-refractivity contribution is 0.331. The first-order chi connectivity index (χ1) is 14.2. The number of hydrogen-bond acceptors (Lipinski definition) is 4. The van der Waals surface area contributed by atoms with E-state index < -0.39 is 0 Å². The predicted octanol–water partition coefficient (Wildman–Crippen LogP) is 3.56. The van der Waals surface area contributed by atoms with Crippen molar-refractivity contribution in [1.29, 1.82) is 0 Å². The highest BCUT2D eigenvalue weighted by molar-refractivity contribution is 14.0. The number of nitrogens with one attached hydrogen (secondary N) is 1. The van der Waals surface area contributed by atoms with Crippen molar-refractivity contribution in [3.63, 3.8) is 0 Å². The maximum Gasteiger partial charge on any atom is 0.188 e. The Hall–Kier alpha value is -2.00. The van der Waals surface area contributed by atoms with Gasteiger partial charge in [-0.15, -0.1) is 24.0 Å². The molecule has 1 aliphatic heterocycles. The number of benzene rings is 2. The van der Waals surface area contributed by atoms with Crippen molar-refractivity contribution in [3.8, 4) is 11.5 Å². The fraction of sp³-hybridized carbons (Fsp3) is 0.435. The summed E-state index contributed by atoms with van der Waals surface area (Å²) < 4.78 is 10.6. The van der Waals surface area contributed by atoms with Crippen LogP contribution in [-0.2, 0) is 19.5 Å². The van der Waals surface area contributed by atoms with Gasteiger partial charge in [0.25, 0.3) is 0 Å². The van der Waals surface area contributed by atoms with Gasteiger partial charge in [-0.05, 0) is 61.2 Å². The summed E-state index contributed by atoms with van der Waals surface area (Å²) >= 11 is 0. The van der Waals surface area contributed by atoms with Crippen LogP contribution in [0.2, 0.25) is 0 Å². The van der Waals surface area contributed by atoms with E-state index in [9.17, 15) is 0 Å². The number of likely N-dealkylation sites (tertiary alicyclic amines) is 1. The second-order valence-corrected chi connectivity index (χ2v) is 7.37. The predicted molar refractivity (Wildman–Crippen MR) is 133 cm³/mol. The van der Waals surface area contributed by atoms with Crippen LogP contribution in [0.1, 0.15) is 29.5 Å². The molecule has 0 spiro atoms. The highest BCUT2D eigenvalue weighted by Crippen LogP contribution is 2.27. The van der Waals surface area contributed by atoms with Gasteiger partial charge in [-0.3, -0.25) is 4.90 Å².